The second-order valence-corrected chi connectivity index (χ2v) is 6.65. The number of ether oxygens (including phenoxy) is 1. The molecule has 1 atom stereocenters. The molecule has 0 bridgehead atoms. The molecule has 1 amide bonds. The molecule has 3 heterocycles. The highest BCUT2D eigenvalue weighted by Gasteiger charge is 2.34. The Balaban J connectivity index is 1.75. The second-order valence-electron chi connectivity index (χ2n) is 6.65. The van der Waals surface area contributed by atoms with E-state index in [1.54, 1.807) is 16.8 Å². The van der Waals surface area contributed by atoms with Crippen LogP contribution in [0, 0.1) is 0 Å². The van der Waals surface area contributed by atoms with Crippen molar-refractivity contribution in [3.05, 3.63) is 51.3 Å². The Bertz CT molecular complexity index is 906. The highest BCUT2D eigenvalue weighted by molar-refractivity contribution is 5.94. The summed E-state index contributed by atoms with van der Waals surface area (Å²) in [6.45, 7) is 1.24. The zero-order valence-corrected chi connectivity index (χ0v) is 14.0. The van der Waals surface area contributed by atoms with E-state index in [9.17, 15) is 14.4 Å². The number of nitrogens with zero attached hydrogens (tertiary/aromatic N) is 1. The van der Waals surface area contributed by atoms with E-state index in [-0.39, 0.29) is 29.5 Å². The van der Waals surface area contributed by atoms with Crippen LogP contribution in [0.25, 0.3) is 0 Å². The van der Waals surface area contributed by atoms with Gasteiger partial charge in [-0.25, -0.2) is 4.79 Å². The summed E-state index contributed by atoms with van der Waals surface area (Å²) in [5.74, 6) is -1.05. The highest BCUT2D eigenvalue weighted by Crippen LogP contribution is 2.37. The molecule has 8 nitrogen and oxygen atoms in total. The fourth-order valence-corrected chi connectivity index (χ4v) is 3.74. The van der Waals surface area contributed by atoms with Crippen molar-refractivity contribution < 1.29 is 19.4 Å². The molecule has 4 rings (SSSR count). The van der Waals surface area contributed by atoms with Crippen LogP contribution in [0.5, 0.6) is 0 Å². The Hall–Kier alpha value is -2.87. The lowest BCUT2D eigenvalue weighted by molar-refractivity contribution is -0.116. The summed E-state index contributed by atoms with van der Waals surface area (Å²) in [7, 11) is 0. The highest BCUT2D eigenvalue weighted by atomic mass is 16.5. The van der Waals surface area contributed by atoms with E-state index in [1.807, 2.05) is 0 Å². The summed E-state index contributed by atoms with van der Waals surface area (Å²) in [6.07, 6.45) is 1.69. The minimum Gasteiger partial charge on any atom is -0.478 e. The second kappa shape index (κ2) is 6.45. The number of aromatic nitrogens is 2. The predicted molar refractivity (Wildman–Crippen MR) is 92.6 cm³/mol. The molecule has 2 aliphatic rings. The Kier molecular flexibility index (Phi) is 4.12. The first-order chi connectivity index (χ1) is 12.5. The third-order valence-electron chi connectivity index (χ3n) is 5.07. The maximum Gasteiger partial charge on any atom is 0.335 e. The Morgan fingerprint density at radius 3 is 2.50 bits per heavy atom. The Labute approximate surface area is 148 Å². The molecule has 0 spiro atoms. The molecule has 1 saturated heterocycles. The van der Waals surface area contributed by atoms with Crippen LogP contribution in [0.2, 0.25) is 0 Å². The Morgan fingerprint density at radius 2 is 1.85 bits per heavy atom. The number of rotatable bonds is 3. The molecule has 1 aromatic carbocycles. The number of carbonyl (C=O) groups excluding carboxylic acids is 1. The third kappa shape index (κ3) is 2.82. The number of carbonyl (C=O) groups is 2. The number of carboxylic acids is 1. The number of anilines is 1. The number of hydrogen-bond donors (Lipinski definition) is 3. The number of hydrogen-bond acceptors (Lipinski definition) is 4. The molecule has 1 aromatic heterocycles. The summed E-state index contributed by atoms with van der Waals surface area (Å²) in [6, 6.07) is 6.40. The quantitative estimate of drug-likeness (QED) is 0.774. The van der Waals surface area contributed by atoms with Crippen molar-refractivity contribution in [2.45, 2.75) is 31.2 Å². The van der Waals surface area contributed by atoms with Crippen molar-refractivity contribution in [2.24, 2.45) is 0 Å². The van der Waals surface area contributed by atoms with Crippen LogP contribution in [0.3, 0.4) is 0 Å². The van der Waals surface area contributed by atoms with E-state index in [1.165, 1.54) is 12.1 Å². The van der Waals surface area contributed by atoms with Gasteiger partial charge in [-0.3, -0.25) is 19.4 Å². The molecular weight excluding hydrogens is 338 g/mol. The SMILES string of the molecule is O=C1C[C@H](c2ccc(C(=O)O)cc2)c2c(n(C3CCOCC3)[nH]c2=O)N1. The Morgan fingerprint density at radius 1 is 1.15 bits per heavy atom. The number of nitrogens with one attached hydrogen (secondary N) is 2. The van der Waals surface area contributed by atoms with Gasteiger partial charge in [0.1, 0.15) is 5.82 Å². The van der Waals surface area contributed by atoms with Gasteiger partial charge in [-0.05, 0) is 30.5 Å². The molecule has 0 aliphatic carbocycles. The molecule has 0 saturated carbocycles. The van der Waals surface area contributed by atoms with Crippen molar-refractivity contribution in [3.63, 3.8) is 0 Å². The topological polar surface area (TPSA) is 113 Å². The van der Waals surface area contributed by atoms with Crippen molar-refractivity contribution in [2.75, 3.05) is 18.5 Å². The largest absolute Gasteiger partial charge is 0.478 e. The summed E-state index contributed by atoms with van der Waals surface area (Å²) < 4.78 is 7.13. The number of fused-ring (bicyclic) bond motifs is 1. The molecule has 3 N–H and O–H groups in total. The minimum absolute atomic E-state index is 0.0774. The van der Waals surface area contributed by atoms with Gasteiger partial charge in [0.25, 0.3) is 5.56 Å². The number of aromatic carboxylic acids is 1. The predicted octanol–water partition coefficient (Wildman–Crippen LogP) is 1.70. The van der Waals surface area contributed by atoms with Gasteiger partial charge in [-0.15, -0.1) is 0 Å². The smallest absolute Gasteiger partial charge is 0.335 e. The molecule has 0 radical (unpaired) electrons. The van der Waals surface area contributed by atoms with Gasteiger partial charge < -0.3 is 15.2 Å². The summed E-state index contributed by atoms with van der Waals surface area (Å²) >= 11 is 0. The third-order valence-corrected chi connectivity index (χ3v) is 5.07. The monoisotopic (exact) mass is 357 g/mol. The molecule has 1 fully saturated rings. The minimum atomic E-state index is -1.01. The normalized spacial score (nSPS) is 20.5. The van der Waals surface area contributed by atoms with Crippen LogP contribution in [-0.4, -0.2) is 40.0 Å². The van der Waals surface area contributed by atoms with E-state index in [2.05, 4.69) is 10.4 Å². The van der Waals surface area contributed by atoms with Crippen molar-refractivity contribution in [1.29, 1.82) is 0 Å². The lowest BCUT2D eigenvalue weighted by atomic mass is 9.86. The van der Waals surface area contributed by atoms with Gasteiger partial charge in [-0.1, -0.05) is 12.1 Å². The average Bonchev–Trinajstić information content (AvgIpc) is 2.98. The lowest BCUT2D eigenvalue weighted by Gasteiger charge is -2.28. The molecule has 0 unspecified atom stereocenters. The number of carboxylic acid groups (broad SMARTS) is 1. The zero-order valence-electron chi connectivity index (χ0n) is 14.0. The van der Waals surface area contributed by atoms with E-state index < -0.39 is 11.9 Å². The van der Waals surface area contributed by atoms with Gasteiger partial charge in [-0.2, -0.15) is 0 Å². The summed E-state index contributed by atoms with van der Waals surface area (Å²) in [5.41, 5.74) is 1.22. The van der Waals surface area contributed by atoms with Gasteiger partial charge in [0.2, 0.25) is 5.91 Å². The molecular formula is C18H19N3O5. The molecule has 136 valence electrons. The molecule has 8 heteroatoms. The zero-order chi connectivity index (χ0) is 18.3. The van der Waals surface area contributed by atoms with Crippen molar-refractivity contribution in [1.82, 2.24) is 9.78 Å². The fraction of sp³-hybridized carbons (Fsp3) is 0.389. The van der Waals surface area contributed by atoms with E-state index >= 15 is 0 Å². The first-order valence-electron chi connectivity index (χ1n) is 8.60. The van der Waals surface area contributed by atoms with Crippen molar-refractivity contribution >= 4 is 17.7 Å². The van der Waals surface area contributed by atoms with Crippen LogP contribution < -0.4 is 10.9 Å². The van der Waals surface area contributed by atoms with Crippen molar-refractivity contribution in [3.8, 4) is 0 Å². The molecule has 26 heavy (non-hydrogen) atoms. The van der Waals surface area contributed by atoms with Crippen LogP contribution >= 0.6 is 0 Å². The van der Waals surface area contributed by atoms with Gasteiger partial charge in [0.15, 0.2) is 0 Å². The fourth-order valence-electron chi connectivity index (χ4n) is 3.74. The van der Waals surface area contributed by atoms with Gasteiger partial charge >= 0.3 is 5.97 Å². The number of benzene rings is 1. The first-order valence-corrected chi connectivity index (χ1v) is 8.60. The number of amides is 1. The number of H-pyrrole nitrogens is 1. The maximum atomic E-state index is 12.6. The van der Waals surface area contributed by atoms with Crippen LogP contribution in [0.15, 0.2) is 29.1 Å². The van der Waals surface area contributed by atoms with E-state index in [0.717, 1.165) is 18.4 Å². The van der Waals surface area contributed by atoms with Crippen LogP contribution in [-0.2, 0) is 9.53 Å². The van der Waals surface area contributed by atoms with E-state index in [0.29, 0.717) is 24.6 Å². The van der Waals surface area contributed by atoms with Crippen LogP contribution in [0.1, 0.15) is 52.7 Å². The van der Waals surface area contributed by atoms with Gasteiger partial charge in [0, 0.05) is 25.6 Å². The molecule has 2 aliphatic heterocycles. The summed E-state index contributed by atoms with van der Waals surface area (Å²) in [5, 5.41) is 14.8. The maximum absolute atomic E-state index is 12.6. The molecule has 2 aromatic rings. The summed E-state index contributed by atoms with van der Waals surface area (Å²) in [4.78, 5) is 35.9. The van der Waals surface area contributed by atoms with Crippen LogP contribution in [0.4, 0.5) is 5.82 Å². The standard InChI is InChI=1S/C18H19N3O5/c22-14-9-13(10-1-3-11(4-2-10)18(24)25)15-16(19-14)21(20-17(15)23)12-5-7-26-8-6-12/h1-4,12-13H,5-9H2,(H,19,22)(H,20,23)(H,24,25)/t13-/m1/s1. The van der Waals surface area contributed by atoms with Gasteiger partial charge in [0.05, 0.1) is 17.2 Å². The average molecular weight is 357 g/mol. The first kappa shape index (κ1) is 16.6. The number of aromatic amines is 1. The lowest BCUT2D eigenvalue weighted by Crippen LogP contribution is -2.28. The van der Waals surface area contributed by atoms with E-state index in [4.69, 9.17) is 9.84 Å².